The van der Waals surface area contributed by atoms with Crippen LogP contribution in [0.25, 0.3) is 26.3 Å². The largest absolute Gasteiger partial charge is 0.338 e. The lowest BCUT2D eigenvalue weighted by molar-refractivity contribution is 0.252. The molecule has 252 valence electrons. The third-order valence-corrected chi connectivity index (χ3v) is 9.08. The van der Waals surface area contributed by atoms with Crippen LogP contribution in [0.3, 0.4) is 0 Å². The van der Waals surface area contributed by atoms with Crippen molar-refractivity contribution in [2.45, 2.75) is 26.6 Å². The number of amides is 2. The van der Waals surface area contributed by atoms with E-state index in [4.69, 9.17) is 0 Å². The Morgan fingerprint density at radius 3 is 2.33 bits per heavy atom. The number of urea groups is 1. The summed E-state index contributed by atoms with van der Waals surface area (Å²) in [6.45, 7) is 2.80. The maximum absolute atomic E-state index is 15.0. The first-order valence-corrected chi connectivity index (χ1v) is 16.0. The molecule has 0 fully saturated rings. The van der Waals surface area contributed by atoms with Crippen molar-refractivity contribution in [3.8, 4) is 16.1 Å². The zero-order valence-electron chi connectivity index (χ0n) is 26.4. The Labute approximate surface area is 281 Å². The summed E-state index contributed by atoms with van der Waals surface area (Å²) in [7, 11) is 1.84. The molecular weight excluding hydrogens is 659 g/mol. The lowest BCUT2D eigenvalue weighted by Gasteiger charge is -2.18. The average Bonchev–Trinajstić information content (AvgIpc) is 3.73. The second kappa shape index (κ2) is 14.2. The van der Waals surface area contributed by atoms with Crippen LogP contribution in [0.1, 0.15) is 18.1 Å². The van der Waals surface area contributed by atoms with E-state index < -0.39 is 35.2 Å². The molecule has 6 aromatic rings. The van der Waals surface area contributed by atoms with Gasteiger partial charge in [0.2, 0.25) is 0 Å². The molecule has 3 aromatic carbocycles. The van der Waals surface area contributed by atoms with Gasteiger partial charge in [-0.05, 0) is 78.8 Å². The number of nitrogens with one attached hydrogen (secondary N) is 2. The molecule has 0 aliphatic carbocycles. The van der Waals surface area contributed by atoms with Crippen molar-refractivity contribution in [2.75, 3.05) is 25.5 Å². The molecule has 0 bridgehead atoms. The number of benzene rings is 3. The Bertz CT molecular complexity index is 2210. The normalized spacial score (nSPS) is 11.4. The molecule has 0 unspecified atom stereocenters. The Morgan fingerprint density at radius 1 is 0.959 bits per heavy atom. The van der Waals surface area contributed by atoms with Gasteiger partial charge < -0.3 is 15.5 Å². The number of aromatic nitrogens is 6. The highest BCUT2D eigenvalue weighted by Gasteiger charge is 2.26. The second-order valence-corrected chi connectivity index (χ2v) is 12.1. The highest BCUT2D eigenvalue weighted by molar-refractivity contribution is 7.22. The van der Waals surface area contributed by atoms with Gasteiger partial charge in [-0.25, -0.2) is 27.3 Å². The summed E-state index contributed by atoms with van der Waals surface area (Å²) in [5.74, 6) is -2.28. The third kappa shape index (κ3) is 7.00. The number of hydrogen-bond acceptors (Lipinski definition) is 8. The number of hydrogen-bond donors (Lipinski definition) is 2. The summed E-state index contributed by atoms with van der Waals surface area (Å²) < 4.78 is 46.0. The Balaban J connectivity index is 1.57. The van der Waals surface area contributed by atoms with Crippen LogP contribution in [0.5, 0.6) is 0 Å². The lowest BCUT2D eigenvalue weighted by atomic mass is 10.1. The number of carbonyl (C=O) groups is 1. The number of carbonyl (C=O) groups excluding carboxylic acids is 1. The molecule has 3 aromatic heterocycles. The minimum Gasteiger partial charge on any atom is -0.338 e. The van der Waals surface area contributed by atoms with Gasteiger partial charge in [0, 0.05) is 35.8 Å². The monoisotopic (exact) mass is 689 g/mol. The third-order valence-electron chi connectivity index (χ3n) is 7.78. The van der Waals surface area contributed by atoms with Crippen LogP contribution in [-0.4, -0.2) is 60.4 Å². The molecule has 6 rings (SSSR count). The van der Waals surface area contributed by atoms with Gasteiger partial charge in [-0.3, -0.25) is 9.36 Å². The fourth-order valence-electron chi connectivity index (χ4n) is 5.39. The standard InChI is InChI=1S/C33H30F3N9O3S/c1-3-37-32(47)40-22-11-7-20(8-12-22)29-25(17-42(2)15-16-44-39-19-38-41-44)28-30(46)45(23-13-9-21(34)10-14-23)33(48)43(31(28)49-29)18-24-26(35)5-4-6-27(24)36/h4-14,19H,3,15-18H2,1-2H3,(H2,37,40,47). The molecule has 0 aliphatic rings. The topological polar surface area (TPSA) is 132 Å². The number of anilines is 1. The first-order chi connectivity index (χ1) is 23.6. The van der Waals surface area contributed by atoms with Crippen LogP contribution in [0.15, 0.2) is 82.6 Å². The molecule has 0 saturated heterocycles. The summed E-state index contributed by atoms with van der Waals surface area (Å²) in [5.41, 5.74) is -0.0279. The highest BCUT2D eigenvalue weighted by atomic mass is 32.1. The molecular formula is C33H30F3N9O3S. The van der Waals surface area contributed by atoms with Gasteiger partial charge in [0.15, 0.2) is 6.33 Å². The molecule has 0 saturated carbocycles. The van der Waals surface area contributed by atoms with Gasteiger partial charge in [-0.1, -0.05) is 18.2 Å². The first kappa shape index (κ1) is 33.3. The molecule has 12 nitrogen and oxygen atoms in total. The van der Waals surface area contributed by atoms with Crippen molar-refractivity contribution in [3.63, 3.8) is 0 Å². The van der Waals surface area contributed by atoms with Crippen molar-refractivity contribution >= 4 is 33.3 Å². The molecule has 0 aliphatic heterocycles. The van der Waals surface area contributed by atoms with Crippen LogP contribution in [0.4, 0.5) is 23.7 Å². The predicted molar refractivity (Wildman–Crippen MR) is 179 cm³/mol. The van der Waals surface area contributed by atoms with Gasteiger partial charge in [-0.2, -0.15) is 4.80 Å². The summed E-state index contributed by atoms with van der Waals surface area (Å²) in [5, 5.41) is 17.2. The van der Waals surface area contributed by atoms with E-state index in [1.165, 1.54) is 33.9 Å². The van der Waals surface area contributed by atoms with E-state index in [0.29, 0.717) is 41.3 Å². The van der Waals surface area contributed by atoms with Gasteiger partial charge in [0.1, 0.15) is 22.3 Å². The molecule has 0 spiro atoms. The summed E-state index contributed by atoms with van der Waals surface area (Å²) in [4.78, 5) is 44.8. The maximum Gasteiger partial charge on any atom is 0.337 e. The van der Waals surface area contributed by atoms with Crippen molar-refractivity contribution in [3.05, 3.63) is 122 Å². The molecule has 16 heteroatoms. The number of tetrazole rings is 1. The molecule has 49 heavy (non-hydrogen) atoms. The molecule has 2 N–H and O–H groups in total. The smallest absolute Gasteiger partial charge is 0.337 e. The molecule has 0 atom stereocenters. The van der Waals surface area contributed by atoms with Gasteiger partial charge in [0.05, 0.1) is 24.2 Å². The van der Waals surface area contributed by atoms with Crippen LogP contribution in [-0.2, 0) is 19.6 Å². The second-order valence-electron chi connectivity index (χ2n) is 11.1. The lowest BCUT2D eigenvalue weighted by Crippen LogP contribution is -2.39. The highest BCUT2D eigenvalue weighted by Crippen LogP contribution is 2.38. The average molecular weight is 690 g/mol. The number of thiophene rings is 1. The SMILES string of the molecule is CCNC(=O)Nc1ccc(-c2sc3c(c2CN(C)CCn2ncnn2)c(=O)n(-c2ccc(F)cc2)c(=O)n3Cc2c(F)cccc2F)cc1. The van der Waals surface area contributed by atoms with Crippen molar-refractivity contribution in [2.24, 2.45) is 0 Å². The van der Waals surface area contributed by atoms with Crippen LogP contribution >= 0.6 is 11.3 Å². The van der Waals surface area contributed by atoms with Gasteiger partial charge >= 0.3 is 11.7 Å². The Hall–Kier alpha value is -5.61. The van der Waals surface area contributed by atoms with E-state index >= 15 is 0 Å². The summed E-state index contributed by atoms with van der Waals surface area (Å²) in [6.07, 6.45) is 1.32. The predicted octanol–water partition coefficient (Wildman–Crippen LogP) is 4.61. The minimum absolute atomic E-state index is 0.0890. The van der Waals surface area contributed by atoms with E-state index in [1.54, 1.807) is 31.2 Å². The Kier molecular flexibility index (Phi) is 9.68. The zero-order valence-corrected chi connectivity index (χ0v) is 27.2. The number of fused-ring (bicyclic) bond motifs is 1. The number of likely N-dealkylation sites (N-methyl/N-ethyl adjacent to an activating group) is 1. The number of nitrogens with zero attached hydrogens (tertiary/aromatic N) is 7. The molecule has 2 amide bonds. The quantitative estimate of drug-likeness (QED) is 0.203. The van der Waals surface area contributed by atoms with Gasteiger partial charge in [0.25, 0.3) is 5.56 Å². The van der Waals surface area contributed by atoms with E-state index in [2.05, 4.69) is 26.0 Å². The fourth-order valence-corrected chi connectivity index (χ4v) is 6.69. The van der Waals surface area contributed by atoms with Gasteiger partial charge in [-0.15, -0.1) is 21.5 Å². The maximum atomic E-state index is 15.0. The zero-order chi connectivity index (χ0) is 34.7. The molecule has 3 heterocycles. The van der Waals surface area contributed by atoms with E-state index in [1.807, 2.05) is 11.9 Å². The van der Waals surface area contributed by atoms with Crippen LogP contribution < -0.4 is 21.9 Å². The number of rotatable bonds is 11. The van der Waals surface area contributed by atoms with Crippen molar-refractivity contribution in [1.82, 2.24) is 39.6 Å². The fraction of sp³-hybridized carbons (Fsp3) is 0.212. The summed E-state index contributed by atoms with van der Waals surface area (Å²) >= 11 is 1.13. The first-order valence-electron chi connectivity index (χ1n) is 15.2. The van der Waals surface area contributed by atoms with E-state index in [-0.39, 0.29) is 34.0 Å². The minimum atomic E-state index is -0.853. The number of halogens is 3. The van der Waals surface area contributed by atoms with E-state index in [0.717, 1.165) is 40.2 Å². The summed E-state index contributed by atoms with van der Waals surface area (Å²) in [6, 6.07) is 14.8. The Morgan fingerprint density at radius 2 is 1.67 bits per heavy atom. The van der Waals surface area contributed by atoms with E-state index in [9.17, 15) is 27.6 Å². The van der Waals surface area contributed by atoms with Crippen molar-refractivity contribution in [1.29, 1.82) is 0 Å². The van der Waals surface area contributed by atoms with Crippen LogP contribution in [0, 0.1) is 17.5 Å². The van der Waals surface area contributed by atoms with Crippen LogP contribution in [0.2, 0.25) is 0 Å². The molecule has 0 radical (unpaired) electrons. The van der Waals surface area contributed by atoms with Crippen molar-refractivity contribution < 1.29 is 18.0 Å².